The zero-order valence-corrected chi connectivity index (χ0v) is 12.1. The fraction of sp³-hybridized carbons (Fsp3) is 0.385. The van der Waals surface area contributed by atoms with Gasteiger partial charge in [0.05, 0.1) is 5.56 Å². The summed E-state index contributed by atoms with van der Waals surface area (Å²) in [6, 6.07) is 2.96. The highest BCUT2D eigenvalue weighted by Gasteiger charge is 2.12. The van der Waals surface area contributed by atoms with E-state index in [9.17, 15) is 14.0 Å². The van der Waals surface area contributed by atoms with Gasteiger partial charge in [-0.3, -0.25) is 0 Å². The summed E-state index contributed by atoms with van der Waals surface area (Å²) in [5.74, 6) is -2.21. The molecule has 1 rings (SSSR count). The molecule has 20 heavy (non-hydrogen) atoms. The summed E-state index contributed by atoms with van der Waals surface area (Å²) in [4.78, 5) is 22.3. The van der Waals surface area contributed by atoms with Crippen molar-refractivity contribution in [2.24, 2.45) is 0 Å². The molecule has 2 amide bonds. The van der Waals surface area contributed by atoms with E-state index in [1.807, 2.05) is 6.26 Å². The fourth-order valence-corrected chi connectivity index (χ4v) is 1.80. The van der Waals surface area contributed by atoms with E-state index in [1.165, 1.54) is 6.07 Å². The van der Waals surface area contributed by atoms with Gasteiger partial charge in [0, 0.05) is 17.5 Å². The highest BCUT2D eigenvalue weighted by Crippen LogP contribution is 2.14. The van der Waals surface area contributed by atoms with Gasteiger partial charge in [-0.1, -0.05) is 6.92 Å². The Balaban J connectivity index is 2.54. The molecule has 1 aromatic carbocycles. The number of amides is 2. The van der Waals surface area contributed by atoms with Crippen LogP contribution in [0.15, 0.2) is 18.2 Å². The number of anilines is 1. The lowest BCUT2D eigenvalue weighted by Crippen LogP contribution is -2.30. The Morgan fingerprint density at radius 1 is 1.45 bits per heavy atom. The number of carbonyl (C=O) groups excluding carboxylic acids is 1. The van der Waals surface area contributed by atoms with Crippen LogP contribution in [0.5, 0.6) is 0 Å². The second kappa shape index (κ2) is 7.74. The van der Waals surface area contributed by atoms with Gasteiger partial charge in [-0.25, -0.2) is 14.0 Å². The van der Waals surface area contributed by atoms with Crippen LogP contribution in [0.4, 0.5) is 14.9 Å². The van der Waals surface area contributed by atoms with Crippen molar-refractivity contribution < 1.29 is 19.1 Å². The van der Waals surface area contributed by atoms with Gasteiger partial charge in [0.25, 0.3) is 0 Å². The normalized spacial score (nSPS) is 11.8. The van der Waals surface area contributed by atoms with Crippen LogP contribution in [-0.4, -0.2) is 35.2 Å². The number of benzene rings is 1. The average molecular weight is 300 g/mol. The number of thioether (sulfide) groups is 1. The van der Waals surface area contributed by atoms with Crippen molar-refractivity contribution >= 4 is 29.4 Å². The summed E-state index contributed by atoms with van der Waals surface area (Å²) < 4.78 is 13.2. The van der Waals surface area contributed by atoms with Gasteiger partial charge in [0.1, 0.15) is 5.82 Å². The molecule has 3 N–H and O–H groups in total. The van der Waals surface area contributed by atoms with Crippen LogP contribution < -0.4 is 10.6 Å². The summed E-state index contributed by atoms with van der Waals surface area (Å²) in [5.41, 5.74) is -0.238. The highest BCUT2D eigenvalue weighted by molar-refractivity contribution is 7.99. The van der Waals surface area contributed by atoms with Crippen molar-refractivity contribution in [3.8, 4) is 0 Å². The summed E-state index contributed by atoms with van der Waals surface area (Å²) in [6.07, 6.45) is 2.83. The third-order valence-electron chi connectivity index (χ3n) is 2.69. The molecule has 7 heteroatoms. The van der Waals surface area contributed by atoms with Crippen molar-refractivity contribution in [1.29, 1.82) is 0 Å². The summed E-state index contributed by atoms with van der Waals surface area (Å²) in [7, 11) is 0. The SMILES string of the molecule is CSC(C)CCNC(=O)Nc1ccc(F)c(C(=O)O)c1. The zero-order valence-electron chi connectivity index (χ0n) is 11.3. The average Bonchev–Trinajstić information content (AvgIpc) is 2.40. The number of carboxylic acids is 1. The second-order valence-electron chi connectivity index (χ2n) is 4.22. The largest absolute Gasteiger partial charge is 0.478 e. The number of hydrogen-bond donors (Lipinski definition) is 3. The van der Waals surface area contributed by atoms with Crippen molar-refractivity contribution in [3.63, 3.8) is 0 Å². The Morgan fingerprint density at radius 3 is 2.75 bits per heavy atom. The maximum absolute atomic E-state index is 13.2. The second-order valence-corrected chi connectivity index (χ2v) is 5.49. The molecule has 0 spiro atoms. The quantitative estimate of drug-likeness (QED) is 0.755. The first kappa shape index (κ1) is 16.3. The summed E-state index contributed by atoms with van der Waals surface area (Å²) in [6.45, 7) is 2.57. The fourth-order valence-electron chi connectivity index (χ4n) is 1.45. The number of aromatic carboxylic acids is 1. The lowest BCUT2D eigenvalue weighted by Gasteiger charge is -2.10. The molecular formula is C13H17FN2O3S. The van der Waals surface area contributed by atoms with Gasteiger partial charge in [0.15, 0.2) is 0 Å². The molecule has 0 radical (unpaired) electrons. The number of carboxylic acid groups (broad SMARTS) is 1. The van der Waals surface area contributed by atoms with E-state index in [2.05, 4.69) is 17.6 Å². The summed E-state index contributed by atoms with van der Waals surface area (Å²) in [5, 5.41) is 14.4. The van der Waals surface area contributed by atoms with Crippen molar-refractivity contribution in [1.82, 2.24) is 5.32 Å². The Labute approximate surface area is 120 Å². The maximum atomic E-state index is 13.2. The number of hydrogen-bond acceptors (Lipinski definition) is 3. The van der Waals surface area contributed by atoms with Crippen LogP contribution in [-0.2, 0) is 0 Å². The van der Waals surface area contributed by atoms with Crippen LogP contribution in [0.3, 0.4) is 0 Å². The van der Waals surface area contributed by atoms with Crippen molar-refractivity contribution in [2.45, 2.75) is 18.6 Å². The monoisotopic (exact) mass is 300 g/mol. The molecule has 1 unspecified atom stereocenters. The predicted molar refractivity (Wildman–Crippen MR) is 78.0 cm³/mol. The Bertz CT molecular complexity index is 497. The molecule has 1 aromatic rings. The molecule has 0 heterocycles. The first-order chi connectivity index (χ1) is 9.43. The van der Waals surface area contributed by atoms with Crippen LogP contribution in [0.1, 0.15) is 23.7 Å². The van der Waals surface area contributed by atoms with Gasteiger partial charge in [0.2, 0.25) is 0 Å². The smallest absolute Gasteiger partial charge is 0.338 e. The maximum Gasteiger partial charge on any atom is 0.338 e. The molecule has 0 aromatic heterocycles. The van der Waals surface area contributed by atoms with Crippen LogP contribution in [0.2, 0.25) is 0 Å². The van der Waals surface area contributed by atoms with Gasteiger partial charge in [-0.2, -0.15) is 11.8 Å². The first-order valence-electron chi connectivity index (χ1n) is 6.04. The zero-order chi connectivity index (χ0) is 15.1. The number of carbonyl (C=O) groups is 2. The lowest BCUT2D eigenvalue weighted by atomic mass is 10.2. The van der Waals surface area contributed by atoms with E-state index in [-0.39, 0.29) is 5.69 Å². The minimum Gasteiger partial charge on any atom is -0.478 e. The van der Waals surface area contributed by atoms with E-state index in [1.54, 1.807) is 11.8 Å². The molecule has 0 saturated carbocycles. The molecule has 0 aliphatic heterocycles. The number of rotatable bonds is 6. The predicted octanol–water partition coefficient (Wildman–Crippen LogP) is 2.79. The molecule has 0 fully saturated rings. The molecule has 0 saturated heterocycles. The molecule has 110 valence electrons. The highest BCUT2D eigenvalue weighted by atomic mass is 32.2. The first-order valence-corrected chi connectivity index (χ1v) is 7.33. The van der Waals surface area contributed by atoms with E-state index in [4.69, 9.17) is 5.11 Å². The van der Waals surface area contributed by atoms with Crippen LogP contribution >= 0.6 is 11.8 Å². The number of urea groups is 1. The molecular weight excluding hydrogens is 283 g/mol. The minimum atomic E-state index is -1.37. The van der Waals surface area contributed by atoms with Crippen LogP contribution in [0, 0.1) is 5.82 Å². The number of nitrogens with one attached hydrogen (secondary N) is 2. The third kappa shape index (κ3) is 5.08. The third-order valence-corrected chi connectivity index (χ3v) is 3.73. The Kier molecular flexibility index (Phi) is 6.30. The minimum absolute atomic E-state index is 0.235. The standard InChI is InChI=1S/C13H17FN2O3S/c1-8(20-2)5-6-15-13(19)16-9-3-4-11(14)10(7-9)12(17)18/h3-4,7-8H,5-6H2,1-2H3,(H,17,18)(H2,15,16,19). The molecule has 0 aliphatic carbocycles. The number of halogens is 1. The Hall–Kier alpha value is -1.76. The lowest BCUT2D eigenvalue weighted by molar-refractivity contribution is 0.0692. The van der Waals surface area contributed by atoms with Gasteiger partial charge >= 0.3 is 12.0 Å². The molecule has 0 bridgehead atoms. The van der Waals surface area contributed by atoms with Gasteiger partial charge < -0.3 is 15.7 Å². The van der Waals surface area contributed by atoms with Crippen LogP contribution in [0.25, 0.3) is 0 Å². The van der Waals surface area contributed by atoms with Crippen molar-refractivity contribution in [3.05, 3.63) is 29.6 Å². The van der Waals surface area contributed by atoms with Gasteiger partial charge in [-0.15, -0.1) is 0 Å². The van der Waals surface area contributed by atoms with E-state index < -0.39 is 23.4 Å². The molecule has 1 atom stereocenters. The summed E-state index contributed by atoms with van der Waals surface area (Å²) >= 11 is 1.71. The van der Waals surface area contributed by atoms with Gasteiger partial charge in [-0.05, 0) is 30.9 Å². The van der Waals surface area contributed by atoms with E-state index in [0.717, 1.165) is 18.6 Å². The topological polar surface area (TPSA) is 78.4 Å². The van der Waals surface area contributed by atoms with E-state index >= 15 is 0 Å². The Morgan fingerprint density at radius 2 is 2.15 bits per heavy atom. The van der Waals surface area contributed by atoms with E-state index in [0.29, 0.717) is 11.8 Å². The molecule has 0 aliphatic rings. The molecule has 5 nitrogen and oxygen atoms in total. The van der Waals surface area contributed by atoms with Crippen molar-refractivity contribution in [2.75, 3.05) is 18.1 Å².